The Balaban J connectivity index is 2.58. The first kappa shape index (κ1) is 13.3. The normalized spacial score (nSPS) is 9.71. The van der Waals surface area contributed by atoms with Crippen molar-refractivity contribution in [1.29, 1.82) is 0 Å². The van der Waals surface area contributed by atoms with E-state index >= 15 is 0 Å². The van der Waals surface area contributed by atoms with Crippen LogP contribution in [0.4, 0.5) is 5.69 Å². The van der Waals surface area contributed by atoms with E-state index < -0.39 is 5.97 Å². The molecule has 1 aromatic rings. The van der Waals surface area contributed by atoms with Crippen LogP contribution in [0.1, 0.15) is 6.92 Å². The van der Waals surface area contributed by atoms with Crippen LogP contribution in [0.5, 0.6) is 0 Å². The molecule has 0 aliphatic heterocycles. The maximum Gasteiger partial charge on any atom is 0.250 e. The highest BCUT2D eigenvalue weighted by atomic mass is 32.2. The number of carboxylic acid groups (broad SMARTS) is 1. The van der Waals surface area contributed by atoms with Crippen LogP contribution in [0.15, 0.2) is 41.3 Å². The summed E-state index contributed by atoms with van der Waals surface area (Å²) in [6, 6.07) is 6.89. The van der Waals surface area contributed by atoms with E-state index in [0.29, 0.717) is 11.3 Å². The number of amides is 1. The quantitative estimate of drug-likeness (QED) is 0.626. The van der Waals surface area contributed by atoms with Crippen LogP contribution in [-0.2, 0) is 9.59 Å². The largest absolute Gasteiger partial charge is 0.549 e. The third-order valence-corrected chi connectivity index (χ3v) is 2.84. The lowest BCUT2D eigenvalue weighted by Gasteiger charge is -2.06. The van der Waals surface area contributed by atoms with Crippen LogP contribution in [0, 0.1) is 0 Å². The molecule has 5 heteroatoms. The highest BCUT2D eigenvalue weighted by Gasteiger charge is 2.02. The van der Waals surface area contributed by atoms with Gasteiger partial charge >= 0.3 is 0 Å². The predicted molar refractivity (Wildman–Crippen MR) is 65.6 cm³/mol. The Morgan fingerprint density at radius 1 is 1.35 bits per heavy atom. The number of rotatable bonds is 5. The predicted octanol–water partition coefficient (Wildman–Crippen LogP) is 1.04. The molecule has 0 unspecified atom stereocenters. The average Bonchev–Trinajstić information content (AvgIpc) is 2.28. The zero-order chi connectivity index (χ0) is 12.8. The standard InChI is InChI=1S/C12H13NO3S/c1-8(2)12(16)13-9-3-5-10(6-4-9)17-7-11(14)15/h3-6H,1,7H2,2H3,(H,13,16)(H,14,15)/p-1. The van der Waals surface area contributed by atoms with Gasteiger partial charge in [-0.25, -0.2) is 0 Å². The molecule has 0 aliphatic rings. The highest BCUT2D eigenvalue weighted by Crippen LogP contribution is 2.20. The number of aliphatic carboxylic acids is 1. The van der Waals surface area contributed by atoms with Crippen molar-refractivity contribution >= 4 is 29.3 Å². The van der Waals surface area contributed by atoms with Gasteiger partial charge in [0.05, 0.1) is 5.97 Å². The summed E-state index contributed by atoms with van der Waals surface area (Å²) in [5.41, 5.74) is 1.08. The third-order valence-electron chi connectivity index (χ3n) is 1.86. The summed E-state index contributed by atoms with van der Waals surface area (Å²) < 4.78 is 0. The number of hydrogen-bond acceptors (Lipinski definition) is 4. The topological polar surface area (TPSA) is 69.2 Å². The second-order valence-corrected chi connectivity index (χ2v) is 4.47. The molecule has 0 radical (unpaired) electrons. The van der Waals surface area contributed by atoms with E-state index in [-0.39, 0.29) is 11.7 Å². The molecule has 0 heterocycles. The second kappa shape index (κ2) is 6.10. The van der Waals surface area contributed by atoms with E-state index in [2.05, 4.69) is 11.9 Å². The van der Waals surface area contributed by atoms with Gasteiger partial charge < -0.3 is 15.2 Å². The van der Waals surface area contributed by atoms with Gasteiger partial charge in [-0.15, -0.1) is 11.8 Å². The lowest BCUT2D eigenvalue weighted by atomic mass is 10.3. The van der Waals surface area contributed by atoms with Crippen LogP contribution in [0.3, 0.4) is 0 Å². The molecule has 0 saturated heterocycles. The Bertz CT molecular complexity index is 440. The van der Waals surface area contributed by atoms with Crippen LogP contribution in [0.2, 0.25) is 0 Å². The number of carboxylic acids is 1. The van der Waals surface area contributed by atoms with Gasteiger partial charge in [-0.3, -0.25) is 4.79 Å². The van der Waals surface area contributed by atoms with Crippen molar-refractivity contribution in [3.8, 4) is 0 Å². The second-order valence-electron chi connectivity index (χ2n) is 3.42. The summed E-state index contributed by atoms with van der Waals surface area (Å²) in [6.45, 7) is 5.15. The third kappa shape index (κ3) is 4.74. The fourth-order valence-corrected chi connectivity index (χ4v) is 1.63. The van der Waals surface area contributed by atoms with Gasteiger partial charge in [0.15, 0.2) is 0 Å². The molecule has 17 heavy (non-hydrogen) atoms. The first-order chi connectivity index (χ1) is 7.99. The van der Waals surface area contributed by atoms with Gasteiger partial charge in [0.2, 0.25) is 0 Å². The fourth-order valence-electron chi connectivity index (χ4n) is 1.01. The van der Waals surface area contributed by atoms with Gasteiger partial charge in [-0.05, 0) is 31.2 Å². The number of nitrogens with one attached hydrogen (secondary N) is 1. The first-order valence-corrected chi connectivity index (χ1v) is 5.87. The van der Waals surface area contributed by atoms with Crippen molar-refractivity contribution in [2.24, 2.45) is 0 Å². The molecule has 90 valence electrons. The molecule has 0 saturated carbocycles. The Labute approximate surface area is 104 Å². The van der Waals surface area contributed by atoms with Crippen molar-refractivity contribution in [3.63, 3.8) is 0 Å². The lowest BCUT2D eigenvalue weighted by Crippen LogP contribution is -2.24. The van der Waals surface area contributed by atoms with Gasteiger partial charge in [-0.1, -0.05) is 6.58 Å². The summed E-state index contributed by atoms with van der Waals surface area (Å²) in [4.78, 5) is 22.4. The van der Waals surface area contributed by atoms with Crippen molar-refractivity contribution in [1.82, 2.24) is 0 Å². The summed E-state index contributed by atoms with van der Waals surface area (Å²) in [5, 5.41) is 12.9. The van der Waals surface area contributed by atoms with E-state index in [1.165, 1.54) is 11.8 Å². The molecule has 0 fully saturated rings. The van der Waals surface area contributed by atoms with Crippen molar-refractivity contribution in [2.75, 3.05) is 11.1 Å². The molecular formula is C12H12NO3S-. The summed E-state index contributed by atoms with van der Waals surface area (Å²) in [6.07, 6.45) is 0. The zero-order valence-electron chi connectivity index (χ0n) is 9.36. The molecule has 0 aliphatic carbocycles. The van der Waals surface area contributed by atoms with Gasteiger partial charge in [0.25, 0.3) is 5.91 Å². The van der Waals surface area contributed by atoms with E-state index in [1.807, 2.05) is 0 Å². The molecule has 0 bridgehead atoms. The van der Waals surface area contributed by atoms with Gasteiger partial charge in [0, 0.05) is 21.9 Å². The summed E-state index contributed by atoms with van der Waals surface area (Å²) in [7, 11) is 0. The number of benzene rings is 1. The van der Waals surface area contributed by atoms with Gasteiger partial charge in [-0.2, -0.15) is 0 Å². The monoisotopic (exact) mass is 250 g/mol. The van der Waals surface area contributed by atoms with Crippen molar-refractivity contribution < 1.29 is 14.7 Å². The van der Waals surface area contributed by atoms with Crippen LogP contribution in [-0.4, -0.2) is 17.6 Å². The first-order valence-electron chi connectivity index (χ1n) is 4.88. The van der Waals surface area contributed by atoms with E-state index in [4.69, 9.17) is 0 Å². The van der Waals surface area contributed by atoms with Crippen molar-refractivity contribution in [3.05, 3.63) is 36.4 Å². The number of anilines is 1. The minimum absolute atomic E-state index is 0.0858. The smallest absolute Gasteiger partial charge is 0.250 e. The highest BCUT2D eigenvalue weighted by molar-refractivity contribution is 8.00. The Morgan fingerprint density at radius 2 is 1.94 bits per heavy atom. The van der Waals surface area contributed by atoms with Crippen molar-refractivity contribution in [2.45, 2.75) is 11.8 Å². The Hall–Kier alpha value is -1.75. The summed E-state index contributed by atoms with van der Waals surface area (Å²) >= 11 is 1.17. The van der Waals surface area contributed by atoms with Crippen LogP contribution < -0.4 is 10.4 Å². The Morgan fingerprint density at radius 3 is 2.41 bits per heavy atom. The molecule has 1 rings (SSSR count). The maximum absolute atomic E-state index is 11.3. The SMILES string of the molecule is C=C(C)C(=O)Nc1ccc(SCC(=O)[O-])cc1. The van der Waals surface area contributed by atoms with E-state index in [1.54, 1.807) is 31.2 Å². The summed E-state index contributed by atoms with van der Waals surface area (Å²) in [5.74, 6) is -1.42. The lowest BCUT2D eigenvalue weighted by molar-refractivity contribution is -0.301. The molecule has 0 aromatic heterocycles. The van der Waals surface area contributed by atoms with Crippen LogP contribution >= 0.6 is 11.8 Å². The van der Waals surface area contributed by atoms with Gasteiger partial charge in [0.1, 0.15) is 0 Å². The fraction of sp³-hybridized carbons (Fsp3) is 0.167. The molecule has 1 amide bonds. The van der Waals surface area contributed by atoms with E-state index in [9.17, 15) is 14.7 Å². The number of carbonyl (C=O) groups is 2. The average molecular weight is 250 g/mol. The molecule has 1 aromatic carbocycles. The molecule has 1 N–H and O–H groups in total. The zero-order valence-corrected chi connectivity index (χ0v) is 10.2. The number of thioether (sulfide) groups is 1. The molecule has 0 atom stereocenters. The maximum atomic E-state index is 11.3. The number of carbonyl (C=O) groups excluding carboxylic acids is 2. The minimum Gasteiger partial charge on any atom is -0.549 e. The van der Waals surface area contributed by atoms with Crippen LogP contribution in [0.25, 0.3) is 0 Å². The Kier molecular flexibility index (Phi) is 4.78. The minimum atomic E-state index is -1.10. The van der Waals surface area contributed by atoms with E-state index in [0.717, 1.165) is 4.90 Å². The number of hydrogen-bond donors (Lipinski definition) is 1. The molecule has 4 nitrogen and oxygen atoms in total. The molecular weight excluding hydrogens is 238 g/mol. The molecule has 0 spiro atoms.